The molecule has 146 valence electrons. The fraction of sp³-hybridized carbons (Fsp3) is 0.250. The van der Waals surface area contributed by atoms with Crippen LogP contribution in [-0.4, -0.2) is 35.8 Å². The molecule has 0 aliphatic carbocycles. The Labute approximate surface area is 165 Å². The number of hydrogen-bond acceptors (Lipinski definition) is 7. The van der Waals surface area contributed by atoms with E-state index in [4.69, 9.17) is 14.7 Å². The summed E-state index contributed by atoms with van der Waals surface area (Å²) in [5, 5.41) is 25.9. The Kier molecular flexibility index (Phi) is 4.19. The average Bonchev–Trinajstić information content (AvgIpc) is 3.18. The highest BCUT2D eigenvalue weighted by molar-refractivity contribution is 6.23. The van der Waals surface area contributed by atoms with Gasteiger partial charge in [0.1, 0.15) is 5.92 Å². The van der Waals surface area contributed by atoms with E-state index in [1.807, 2.05) is 6.07 Å². The lowest BCUT2D eigenvalue weighted by atomic mass is 9.80. The molecule has 2 aromatic rings. The van der Waals surface area contributed by atoms with Gasteiger partial charge in [0.2, 0.25) is 12.1 Å². The molecule has 0 N–H and O–H groups in total. The molecule has 0 unspecified atom stereocenters. The van der Waals surface area contributed by atoms with E-state index >= 15 is 0 Å². The molecule has 2 heterocycles. The lowest BCUT2D eigenvalue weighted by Gasteiger charge is -2.27. The standard InChI is InChI=1S/C20H16N4O5/c1-12-20(19(25)24(22-12)14-8-6-13(10-21)7-9-14)16(11-23(26)27)15-4-3-5-17(28-2)18(15)29-20/h3-9,16H,11H2,1-2H3/t16-,20+/m0/s1. The zero-order valence-corrected chi connectivity index (χ0v) is 15.7. The Balaban J connectivity index is 1.81. The van der Waals surface area contributed by atoms with Crippen LogP contribution in [-0.2, 0) is 4.79 Å². The summed E-state index contributed by atoms with van der Waals surface area (Å²) in [5.74, 6) is -0.677. The number of anilines is 1. The summed E-state index contributed by atoms with van der Waals surface area (Å²) in [6.45, 7) is 1.12. The van der Waals surface area contributed by atoms with E-state index in [0.29, 0.717) is 34.0 Å². The van der Waals surface area contributed by atoms with Crippen molar-refractivity contribution in [3.8, 4) is 17.6 Å². The summed E-state index contributed by atoms with van der Waals surface area (Å²) in [5.41, 5.74) is 0.105. The third-order valence-corrected chi connectivity index (χ3v) is 5.23. The van der Waals surface area contributed by atoms with E-state index in [1.54, 1.807) is 49.4 Å². The molecule has 2 aromatic carbocycles. The Morgan fingerprint density at radius 2 is 2.07 bits per heavy atom. The van der Waals surface area contributed by atoms with Crippen molar-refractivity contribution < 1.29 is 19.2 Å². The number of hydrogen-bond donors (Lipinski definition) is 0. The molecular formula is C20H16N4O5. The van der Waals surface area contributed by atoms with Crippen LogP contribution in [0.2, 0.25) is 0 Å². The van der Waals surface area contributed by atoms with Crippen LogP contribution in [0, 0.1) is 21.4 Å². The summed E-state index contributed by atoms with van der Waals surface area (Å²) >= 11 is 0. The van der Waals surface area contributed by atoms with Crippen LogP contribution >= 0.6 is 0 Å². The number of para-hydroxylation sites is 1. The normalized spacial score (nSPS) is 22.1. The molecule has 0 radical (unpaired) electrons. The van der Waals surface area contributed by atoms with Crippen molar-refractivity contribution in [1.29, 1.82) is 5.26 Å². The van der Waals surface area contributed by atoms with Gasteiger partial charge in [-0.15, -0.1) is 0 Å². The molecule has 9 nitrogen and oxygen atoms in total. The summed E-state index contributed by atoms with van der Waals surface area (Å²) in [6.07, 6.45) is 0. The quantitative estimate of drug-likeness (QED) is 0.583. The van der Waals surface area contributed by atoms with Gasteiger partial charge in [0.05, 0.1) is 30.1 Å². The minimum Gasteiger partial charge on any atom is -0.493 e. The number of nitro groups is 1. The highest BCUT2D eigenvalue weighted by Crippen LogP contribution is 2.52. The van der Waals surface area contributed by atoms with Gasteiger partial charge in [-0.1, -0.05) is 12.1 Å². The average molecular weight is 392 g/mol. The molecule has 0 fully saturated rings. The molecule has 29 heavy (non-hydrogen) atoms. The number of rotatable bonds is 4. The molecule has 0 bridgehead atoms. The number of nitrogens with zero attached hydrogens (tertiary/aromatic N) is 4. The van der Waals surface area contributed by atoms with Gasteiger partial charge >= 0.3 is 0 Å². The van der Waals surface area contributed by atoms with Crippen LogP contribution < -0.4 is 14.5 Å². The minimum absolute atomic E-state index is 0.312. The Morgan fingerprint density at radius 3 is 2.69 bits per heavy atom. The smallest absolute Gasteiger partial charge is 0.298 e. The van der Waals surface area contributed by atoms with Crippen LogP contribution in [0.3, 0.4) is 0 Å². The number of amides is 1. The second kappa shape index (κ2) is 6.60. The predicted octanol–water partition coefficient (Wildman–Crippen LogP) is 2.48. The van der Waals surface area contributed by atoms with Crippen molar-refractivity contribution in [2.24, 2.45) is 5.10 Å². The molecule has 0 saturated heterocycles. The van der Waals surface area contributed by atoms with Crippen molar-refractivity contribution in [2.75, 3.05) is 18.7 Å². The molecule has 2 aliphatic rings. The Morgan fingerprint density at radius 1 is 1.34 bits per heavy atom. The zero-order valence-electron chi connectivity index (χ0n) is 15.7. The van der Waals surface area contributed by atoms with Crippen molar-refractivity contribution in [2.45, 2.75) is 18.4 Å². The van der Waals surface area contributed by atoms with Gasteiger partial charge in [0.15, 0.2) is 11.5 Å². The first-order valence-corrected chi connectivity index (χ1v) is 8.80. The number of methoxy groups -OCH3 is 1. The summed E-state index contributed by atoms with van der Waals surface area (Å²) < 4.78 is 11.4. The maximum absolute atomic E-state index is 13.5. The van der Waals surface area contributed by atoms with Gasteiger partial charge in [0.25, 0.3) is 5.91 Å². The third kappa shape index (κ3) is 2.61. The fourth-order valence-electron chi connectivity index (χ4n) is 3.86. The Hall–Kier alpha value is -3.93. The van der Waals surface area contributed by atoms with Crippen LogP contribution in [0.1, 0.15) is 24.0 Å². The first-order valence-electron chi connectivity index (χ1n) is 8.80. The molecule has 0 aromatic heterocycles. The van der Waals surface area contributed by atoms with E-state index in [0.717, 1.165) is 0 Å². The van der Waals surface area contributed by atoms with Crippen LogP contribution in [0.25, 0.3) is 0 Å². The molecular weight excluding hydrogens is 376 g/mol. The topological polar surface area (TPSA) is 118 Å². The highest BCUT2D eigenvalue weighted by atomic mass is 16.6. The number of hydrazone groups is 1. The van der Waals surface area contributed by atoms with Crippen LogP contribution in [0.5, 0.6) is 11.5 Å². The second-order valence-corrected chi connectivity index (χ2v) is 6.75. The molecule has 0 saturated carbocycles. The maximum atomic E-state index is 13.5. The van der Waals surface area contributed by atoms with Gasteiger partial charge in [0, 0.05) is 10.5 Å². The van der Waals surface area contributed by atoms with Crippen LogP contribution in [0.4, 0.5) is 5.69 Å². The minimum atomic E-state index is -1.63. The van der Waals surface area contributed by atoms with Crippen LogP contribution in [0.15, 0.2) is 47.6 Å². The van der Waals surface area contributed by atoms with Gasteiger partial charge in [-0.2, -0.15) is 15.4 Å². The predicted molar refractivity (Wildman–Crippen MR) is 103 cm³/mol. The van der Waals surface area contributed by atoms with Crippen molar-refractivity contribution >= 4 is 17.3 Å². The first-order chi connectivity index (χ1) is 13.9. The number of nitriles is 1. The van der Waals surface area contributed by atoms with Crippen molar-refractivity contribution in [1.82, 2.24) is 0 Å². The lowest BCUT2D eigenvalue weighted by molar-refractivity contribution is -0.484. The lowest BCUT2D eigenvalue weighted by Crippen LogP contribution is -2.54. The van der Waals surface area contributed by atoms with E-state index in [2.05, 4.69) is 5.10 Å². The van der Waals surface area contributed by atoms with Gasteiger partial charge in [-0.3, -0.25) is 14.9 Å². The molecule has 1 amide bonds. The third-order valence-electron chi connectivity index (χ3n) is 5.23. The monoisotopic (exact) mass is 392 g/mol. The SMILES string of the molecule is COc1cccc2c1O[C@@]1(C(=O)N(c3ccc(C#N)cc3)N=C1C)[C@H]2C[N+](=O)[O-]. The number of fused-ring (bicyclic) bond motifs is 1. The van der Waals surface area contributed by atoms with E-state index in [-0.39, 0.29) is 0 Å². The second-order valence-electron chi connectivity index (χ2n) is 6.75. The first kappa shape index (κ1) is 18.4. The highest BCUT2D eigenvalue weighted by Gasteiger charge is 2.64. The fourth-order valence-corrected chi connectivity index (χ4v) is 3.86. The van der Waals surface area contributed by atoms with E-state index < -0.39 is 28.9 Å². The molecule has 9 heteroatoms. The summed E-state index contributed by atoms with van der Waals surface area (Å²) in [4.78, 5) is 24.5. The van der Waals surface area contributed by atoms with Gasteiger partial charge in [-0.25, -0.2) is 0 Å². The van der Waals surface area contributed by atoms with Gasteiger partial charge in [-0.05, 0) is 37.3 Å². The van der Waals surface area contributed by atoms with Crippen molar-refractivity contribution in [3.63, 3.8) is 0 Å². The summed E-state index contributed by atoms with van der Waals surface area (Å²) in [6, 6.07) is 13.4. The van der Waals surface area contributed by atoms with E-state index in [1.165, 1.54) is 12.1 Å². The van der Waals surface area contributed by atoms with Gasteiger partial charge < -0.3 is 9.47 Å². The van der Waals surface area contributed by atoms with E-state index in [9.17, 15) is 14.9 Å². The largest absolute Gasteiger partial charge is 0.493 e. The molecule has 2 atom stereocenters. The number of carbonyl (C=O) groups is 1. The molecule has 4 rings (SSSR count). The zero-order chi connectivity index (χ0) is 20.8. The number of ether oxygens (including phenoxy) is 2. The Bertz CT molecular complexity index is 1090. The van der Waals surface area contributed by atoms with Crippen molar-refractivity contribution in [3.05, 3.63) is 63.7 Å². The number of benzene rings is 2. The maximum Gasteiger partial charge on any atom is 0.298 e. The molecule has 2 aliphatic heterocycles. The number of carbonyl (C=O) groups excluding carboxylic acids is 1. The molecule has 1 spiro atoms. The summed E-state index contributed by atoms with van der Waals surface area (Å²) in [7, 11) is 1.47.